The largest absolute Gasteiger partial charge is 0.389 e. The molecule has 0 fully saturated rings. The Labute approximate surface area is 44.0 Å². The van der Waals surface area contributed by atoms with Crippen LogP contribution in [0.3, 0.4) is 0 Å². The highest BCUT2D eigenvalue weighted by Crippen LogP contribution is 1.77. The molecule has 1 N–H and O–H groups in total. The summed E-state index contributed by atoms with van der Waals surface area (Å²) >= 11 is 0. The zero-order valence-electron chi connectivity index (χ0n) is 4.68. The molecule has 0 saturated heterocycles. The predicted octanol–water partition coefficient (Wildman–Crippen LogP) is 1.10. The van der Waals surface area contributed by atoms with Crippen molar-refractivity contribution < 1.29 is 5.11 Å². The van der Waals surface area contributed by atoms with Crippen molar-refractivity contribution in [3.8, 4) is 0 Å². The summed E-state index contributed by atoms with van der Waals surface area (Å²) in [6, 6.07) is 0. The molecule has 0 heterocycles. The van der Waals surface area contributed by atoms with Crippen molar-refractivity contribution in [2.24, 2.45) is 0 Å². The van der Waals surface area contributed by atoms with E-state index in [1.807, 2.05) is 6.92 Å². The summed E-state index contributed by atoms with van der Waals surface area (Å²) in [4.78, 5) is 0. The summed E-state index contributed by atoms with van der Waals surface area (Å²) in [5.74, 6) is 0. The Balaban J connectivity index is 3.46. The fourth-order valence-electron chi connectivity index (χ4n) is 0.235. The van der Waals surface area contributed by atoms with Crippen LogP contribution in [0, 0.1) is 0 Å². The maximum atomic E-state index is 8.55. The summed E-state index contributed by atoms with van der Waals surface area (Å²) in [5.41, 5.74) is 2.75. The SMILES string of the molecule is CC=C=CC(C)O. The molecular weight excluding hydrogens is 88.1 g/mol. The van der Waals surface area contributed by atoms with Crippen LogP contribution in [0.4, 0.5) is 0 Å². The highest BCUT2D eigenvalue weighted by Gasteiger charge is 1.78. The first kappa shape index (κ1) is 6.48. The van der Waals surface area contributed by atoms with E-state index in [0.717, 1.165) is 0 Å². The van der Waals surface area contributed by atoms with Gasteiger partial charge in [0.1, 0.15) is 0 Å². The molecule has 1 unspecified atom stereocenters. The summed E-state index contributed by atoms with van der Waals surface area (Å²) in [5, 5.41) is 8.55. The minimum Gasteiger partial charge on any atom is -0.389 e. The van der Waals surface area contributed by atoms with Gasteiger partial charge in [0.2, 0.25) is 0 Å². The zero-order valence-corrected chi connectivity index (χ0v) is 4.68. The van der Waals surface area contributed by atoms with Gasteiger partial charge in [0.25, 0.3) is 0 Å². The average Bonchev–Trinajstić information content (AvgIpc) is 1.61. The maximum Gasteiger partial charge on any atom is 0.0766 e. The molecule has 0 aromatic heterocycles. The van der Waals surface area contributed by atoms with Gasteiger partial charge in [0, 0.05) is 0 Å². The van der Waals surface area contributed by atoms with Crippen LogP contribution in [0.5, 0.6) is 0 Å². The van der Waals surface area contributed by atoms with Crippen molar-refractivity contribution in [1.29, 1.82) is 0 Å². The van der Waals surface area contributed by atoms with Gasteiger partial charge in [0.15, 0.2) is 0 Å². The van der Waals surface area contributed by atoms with Gasteiger partial charge in [-0.25, -0.2) is 0 Å². The highest BCUT2D eigenvalue weighted by molar-refractivity contribution is 4.85. The van der Waals surface area contributed by atoms with E-state index >= 15 is 0 Å². The molecule has 0 aromatic rings. The molecule has 0 spiro atoms. The first-order valence-corrected chi connectivity index (χ1v) is 2.32. The molecule has 0 aliphatic carbocycles. The van der Waals surface area contributed by atoms with Crippen molar-refractivity contribution in [3.05, 3.63) is 17.9 Å². The van der Waals surface area contributed by atoms with Gasteiger partial charge in [-0.1, -0.05) is 0 Å². The molecule has 7 heavy (non-hydrogen) atoms. The smallest absolute Gasteiger partial charge is 0.0766 e. The van der Waals surface area contributed by atoms with Crippen LogP contribution in [0.15, 0.2) is 17.9 Å². The molecule has 0 amide bonds. The molecule has 0 aliphatic heterocycles. The Kier molecular flexibility index (Phi) is 3.39. The van der Waals surface area contributed by atoms with Crippen molar-refractivity contribution in [2.75, 3.05) is 0 Å². The van der Waals surface area contributed by atoms with E-state index in [9.17, 15) is 0 Å². The zero-order chi connectivity index (χ0) is 5.70. The number of hydrogen-bond donors (Lipinski definition) is 1. The van der Waals surface area contributed by atoms with Gasteiger partial charge < -0.3 is 5.11 Å². The van der Waals surface area contributed by atoms with E-state index in [0.29, 0.717) is 0 Å². The molecule has 40 valence electrons. The monoisotopic (exact) mass is 98.1 g/mol. The molecule has 1 heteroatoms. The second kappa shape index (κ2) is 3.66. The van der Waals surface area contributed by atoms with Crippen LogP contribution in [-0.4, -0.2) is 11.2 Å². The molecule has 0 radical (unpaired) electrons. The lowest BCUT2D eigenvalue weighted by Gasteiger charge is -1.85. The van der Waals surface area contributed by atoms with Crippen molar-refractivity contribution >= 4 is 0 Å². The van der Waals surface area contributed by atoms with Crippen LogP contribution < -0.4 is 0 Å². The van der Waals surface area contributed by atoms with Gasteiger partial charge in [0.05, 0.1) is 6.10 Å². The Morgan fingerprint density at radius 3 is 2.43 bits per heavy atom. The lowest BCUT2D eigenvalue weighted by atomic mass is 10.4. The third-order valence-electron chi connectivity index (χ3n) is 0.504. The quantitative estimate of drug-likeness (QED) is 0.487. The van der Waals surface area contributed by atoms with E-state index in [1.54, 1.807) is 19.1 Å². The number of aliphatic hydroxyl groups excluding tert-OH is 1. The number of hydrogen-bond acceptors (Lipinski definition) is 1. The molecule has 0 bridgehead atoms. The topological polar surface area (TPSA) is 20.2 Å². The number of aliphatic hydroxyl groups is 1. The maximum absolute atomic E-state index is 8.55. The van der Waals surface area contributed by atoms with E-state index in [1.165, 1.54) is 0 Å². The van der Waals surface area contributed by atoms with Crippen LogP contribution in [-0.2, 0) is 0 Å². The normalized spacial score (nSPS) is 11.9. The van der Waals surface area contributed by atoms with Crippen molar-refractivity contribution in [3.63, 3.8) is 0 Å². The summed E-state index contributed by atoms with van der Waals surface area (Å²) in [6.45, 7) is 3.55. The predicted molar refractivity (Wildman–Crippen MR) is 30.0 cm³/mol. The van der Waals surface area contributed by atoms with Crippen molar-refractivity contribution in [1.82, 2.24) is 0 Å². The van der Waals surface area contributed by atoms with Gasteiger partial charge in [-0.05, 0) is 26.0 Å². The summed E-state index contributed by atoms with van der Waals surface area (Å²) in [6.07, 6.45) is 2.99. The summed E-state index contributed by atoms with van der Waals surface area (Å²) in [7, 11) is 0. The van der Waals surface area contributed by atoms with Gasteiger partial charge in [-0.3, -0.25) is 0 Å². The van der Waals surface area contributed by atoms with E-state index in [4.69, 9.17) is 5.11 Å². The van der Waals surface area contributed by atoms with Crippen LogP contribution in [0.25, 0.3) is 0 Å². The average molecular weight is 98.1 g/mol. The molecule has 0 saturated carbocycles. The lowest BCUT2D eigenvalue weighted by Crippen LogP contribution is -1.89. The minimum absolute atomic E-state index is 0.365. The molecule has 1 atom stereocenters. The Hall–Kier alpha value is -0.520. The molecule has 1 nitrogen and oxygen atoms in total. The molecule has 0 aromatic carbocycles. The van der Waals surface area contributed by atoms with Gasteiger partial charge in [-0.2, -0.15) is 0 Å². The first-order chi connectivity index (χ1) is 3.27. The third kappa shape index (κ3) is 5.48. The first-order valence-electron chi connectivity index (χ1n) is 2.32. The second-order valence-corrected chi connectivity index (χ2v) is 1.36. The molecule has 0 aliphatic rings. The Morgan fingerprint density at radius 1 is 1.71 bits per heavy atom. The van der Waals surface area contributed by atoms with E-state index < -0.39 is 0 Å². The second-order valence-electron chi connectivity index (χ2n) is 1.36. The summed E-state index contributed by atoms with van der Waals surface area (Å²) < 4.78 is 0. The number of rotatable bonds is 1. The van der Waals surface area contributed by atoms with E-state index in [2.05, 4.69) is 5.73 Å². The highest BCUT2D eigenvalue weighted by atomic mass is 16.3. The third-order valence-corrected chi connectivity index (χ3v) is 0.504. The minimum atomic E-state index is -0.365. The van der Waals surface area contributed by atoms with Crippen molar-refractivity contribution in [2.45, 2.75) is 20.0 Å². The fourth-order valence-corrected chi connectivity index (χ4v) is 0.235. The fraction of sp³-hybridized carbons (Fsp3) is 0.500. The Morgan fingerprint density at radius 2 is 2.29 bits per heavy atom. The van der Waals surface area contributed by atoms with Crippen LogP contribution >= 0.6 is 0 Å². The van der Waals surface area contributed by atoms with Crippen LogP contribution in [0.2, 0.25) is 0 Å². The van der Waals surface area contributed by atoms with Crippen LogP contribution in [0.1, 0.15) is 13.8 Å². The lowest BCUT2D eigenvalue weighted by molar-refractivity contribution is 0.244. The molecule has 0 rings (SSSR count). The van der Waals surface area contributed by atoms with E-state index in [-0.39, 0.29) is 6.10 Å². The van der Waals surface area contributed by atoms with Gasteiger partial charge in [-0.15, -0.1) is 5.73 Å². The Bertz CT molecular complexity index is 86.4. The standard InChI is InChI=1S/C6H10O/c1-3-4-5-6(2)7/h3,5-7H,1-2H3. The van der Waals surface area contributed by atoms with Gasteiger partial charge >= 0.3 is 0 Å². The molecular formula is C6H10O.